The van der Waals surface area contributed by atoms with E-state index in [9.17, 15) is 0 Å². The van der Waals surface area contributed by atoms with Crippen LogP contribution in [0.1, 0.15) is 20.3 Å². The quantitative estimate of drug-likeness (QED) is 0.523. The van der Waals surface area contributed by atoms with E-state index in [1.807, 2.05) is 0 Å². The van der Waals surface area contributed by atoms with Gasteiger partial charge in [0.25, 0.3) is 0 Å². The first-order chi connectivity index (χ1) is 3.86. The van der Waals surface area contributed by atoms with Crippen molar-refractivity contribution in [2.24, 2.45) is 0 Å². The number of nitrogens with zero attached hydrogens (tertiary/aromatic N) is 1. The first kappa shape index (κ1) is 5.67. The van der Waals surface area contributed by atoms with Gasteiger partial charge < -0.3 is 4.90 Å². The first-order valence-electron chi connectivity index (χ1n) is 3.30. The second-order valence-electron chi connectivity index (χ2n) is 2.20. The molecule has 0 N–H and O–H groups in total. The van der Waals surface area contributed by atoms with Crippen LogP contribution >= 0.6 is 0 Å². The summed E-state index contributed by atoms with van der Waals surface area (Å²) in [6.07, 6.45) is 3.48. The third-order valence-corrected chi connectivity index (χ3v) is 1.63. The molecule has 0 aromatic heterocycles. The van der Waals surface area contributed by atoms with E-state index in [1.54, 1.807) is 5.57 Å². The fourth-order valence-corrected chi connectivity index (χ4v) is 0.899. The smallest absolute Gasteiger partial charge is 0.0400 e. The standard InChI is InChI=1S/C7H13N/c1-3-7-5-8(4-2)6-7/h5H,3-4,6H2,1-2H3. The van der Waals surface area contributed by atoms with E-state index in [-0.39, 0.29) is 0 Å². The molecule has 1 heterocycles. The maximum absolute atomic E-state index is 2.32. The Bertz CT molecular complexity index is 105. The molecule has 0 radical (unpaired) electrons. The van der Waals surface area contributed by atoms with Crippen LogP contribution < -0.4 is 0 Å². The molecule has 0 aromatic rings. The molecule has 0 unspecified atom stereocenters. The van der Waals surface area contributed by atoms with Gasteiger partial charge in [-0.2, -0.15) is 0 Å². The van der Waals surface area contributed by atoms with Crippen molar-refractivity contribution in [2.45, 2.75) is 20.3 Å². The van der Waals surface area contributed by atoms with Crippen LogP contribution in [0.3, 0.4) is 0 Å². The Morgan fingerprint density at radius 2 is 2.25 bits per heavy atom. The van der Waals surface area contributed by atoms with Gasteiger partial charge in [0.15, 0.2) is 0 Å². The van der Waals surface area contributed by atoms with Gasteiger partial charge in [-0.1, -0.05) is 6.92 Å². The summed E-state index contributed by atoms with van der Waals surface area (Å²) in [5.74, 6) is 0. The molecule has 0 atom stereocenters. The molecular formula is C7H13N. The van der Waals surface area contributed by atoms with Gasteiger partial charge in [0.2, 0.25) is 0 Å². The third kappa shape index (κ3) is 0.857. The van der Waals surface area contributed by atoms with Gasteiger partial charge in [-0.15, -0.1) is 0 Å². The number of hydrogen-bond donors (Lipinski definition) is 0. The largest absolute Gasteiger partial charge is 0.374 e. The van der Waals surface area contributed by atoms with Crippen LogP contribution in [0.4, 0.5) is 0 Å². The SMILES string of the molecule is CCC1=CN(CC)C1. The summed E-state index contributed by atoms with van der Waals surface area (Å²) in [5, 5.41) is 0. The van der Waals surface area contributed by atoms with Gasteiger partial charge in [-0.05, 0) is 18.9 Å². The summed E-state index contributed by atoms with van der Waals surface area (Å²) < 4.78 is 0. The van der Waals surface area contributed by atoms with Crippen molar-refractivity contribution in [3.8, 4) is 0 Å². The normalized spacial score (nSPS) is 17.8. The van der Waals surface area contributed by atoms with Crippen LogP contribution in [-0.2, 0) is 0 Å². The fourth-order valence-electron chi connectivity index (χ4n) is 0.899. The molecule has 0 aliphatic carbocycles. The highest BCUT2D eigenvalue weighted by molar-refractivity contribution is 5.12. The van der Waals surface area contributed by atoms with E-state index in [1.165, 1.54) is 19.5 Å². The molecule has 0 aromatic carbocycles. The van der Waals surface area contributed by atoms with Gasteiger partial charge in [0.1, 0.15) is 0 Å². The average Bonchev–Trinajstić information content (AvgIpc) is 1.65. The molecule has 0 fully saturated rings. The van der Waals surface area contributed by atoms with Gasteiger partial charge in [0, 0.05) is 19.3 Å². The van der Waals surface area contributed by atoms with E-state index in [2.05, 4.69) is 24.9 Å². The minimum absolute atomic E-state index is 1.17. The van der Waals surface area contributed by atoms with E-state index >= 15 is 0 Å². The van der Waals surface area contributed by atoms with Gasteiger partial charge >= 0.3 is 0 Å². The second kappa shape index (κ2) is 2.21. The van der Waals surface area contributed by atoms with Crippen LogP contribution in [0.15, 0.2) is 11.8 Å². The Kier molecular flexibility index (Phi) is 1.56. The lowest BCUT2D eigenvalue weighted by atomic mass is 10.1. The minimum atomic E-state index is 1.17. The lowest BCUT2D eigenvalue weighted by Crippen LogP contribution is -2.28. The summed E-state index contributed by atoms with van der Waals surface area (Å²) in [6, 6.07) is 0. The van der Waals surface area contributed by atoms with E-state index in [4.69, 9.17) is 0 Å². The van der Waals surface area contributed by atoms with E-state index in [0.29, 0.717) is 0 Å². The van der Waals surface area contributed by atoms with Crippen LogP contribution in [-0.4, -0.2) is 18.0 Å². The predicted molar refractivity (Wildman–Crippen MR) is 35.6 cm³/mol. The number of likely N-dealkylation sites (N-methyl/N-ethyl adjacent to an activating group) is 1. The van der Waals surface area contributed by atoms with Crippen molar-refractivity contribution in [3.05, 3.63) is 11.8 Å². The molecule has 1 aliphatic heterocycles. The second-order valence-corrected chi connectivity index (χ2v) is 2.20. The maximum Gasteiger partial charge on any atom is 0.0400 e. The van der Waals surface area contributed by atoms with E-state index < -0.39 is 0 Å². The average molecular weight is 111 g/mol. The predicted octanol–water partition coefficient (Wildman–Crippen LogP) is 1.62. The molecule has 0 spiro atoms. The molecule has 8 heavy (non-hydrogen) atoms. The first-order valence-corrected chi connectivity index (χ1v) is 3.30. The van der Waals surface area contributed by atoms with Crippen molar-refractivity contribution >= 4 is 0 Å². The Morgan fingerprint density at radius 3 is 2.62 bits per heavy atom. The minimum Gasteiger partial charge on any atom is -0.374 e. The van der Waals surface area contributed by atoms with Crippen LogP contribution in [0.5, 0.6) is 0 Å². The molecule has 1 heteroatoms. The summed E-state index contributed by atoms with van der Waals surface area (Å²) in [6.45, 7) is 6.78. The molecule has 0 saturated heterocycles. The molecule has 1 rings (SSSR count). The number of hydrogen-bond acceptors (Lipinski definition) is 1. The van der Waals surface area contributed by atoms with Crippen molar-refractivity contribution in [3.63, 3.8) is 0 Å². The summed E-state index contributed by atoms with van der Waals surface area (Å²) >= 11 is 0. The van der Waals surface area contributed by atoms with E-state index in [0.717, 1.165) is 0 Å². The molecule has 0 bridgehead atoms. The summed E-state index contributed by atoms with van der Waals surface area (Å²) in [5.41, 5.74) is 1.59. The topological polar surface area (TPSA) is 3.24 Å². The molecule has 1 aliphatic rings. The number of rotatable bonds is 2. The highest BCUT2D eigenvalue weighted by Crippen LogP contribution is 2.14. The highest BCUT2D eigenvalue weighted by atomic mass is 15.1. The molecule has 0 saturated carbocycles. The zero-order valence-electron chi connectivity index (χ0n) is 5.65. The summed E-state index contributed by atoms with van der Waals surface area (Å²) in [7, 11) is 0. The molecule has 1 nitrogen and oxygen atoms in total. The van der Waals surface area contributed by atoms with Crippen molar-refractivity contribution in [2.75, 3.05) is 13.1 Å². The van der Waals surface area contributed by atoms with Crippen LogP contribution in [0.2, 0.25) is 0 Å². The van der Waals surface area contributed by atoms with Crippen molar-refractivity contribution < 1.29 is 0 Å². The Balaban J connectivity index is 2.27. The zero-order valence-corrected chi connectivity index (χ0v) is 5.65. The zero-order chi connectivity index (χ0) is 5.98. The maximum atomic E-state index is 2.32. The summed E-state index contributed by atoms with van der Waals surface area (Å²) in [4.78, 5) is 2.32. The molecular weight excluding hydrogens is 98.1 g/mol. The lowest BCUT2D eigenvalue weighted by molar-refractivity contribution is 0.370. The van der Waals surface area contributed by atoms with Gasteiger partial charge in [0.05, 0.1) is 0 Å². The Hall–Kier alpha value is -0.460. The Morgan fingerprint density at radius 1 is 1.62 bits per heavy atom. The van der Waals surface area contributed by atoms with Crippen LogP contribution in [0.25, 0.3) is 0 Å². The fraction of sp³-hybridized carbons (Fsp3) is 0.714. The Labute approximate surface area is 51.0 Å². The lowest BCUT2D eigenvalue weighted by Gasteiger charge is -2.29. The van der Waals surface area contributed by atoms with Crippen LogP contribution in [0, 0.1) is 0 Å². The third-order valence-electron chi connectivity index (χ3n) is 1.63. The monoisotopic (exact) mass is 111 g/mol. The van der Waals surface area contributed by atoms with Gasteiger partial charge in [-0.3, -0.25) is 0 Å². The van der Waals surface area contributed by atoms with Crippen molar-refractivity contribution in [1.29, 1.82) is 0 Å². The molecule has 46 valence electrons. The van der Waals surface area contributed by atoms with Crippen molar-refractivity contribution in [1.82, 2.24) is 4.90 Å². The highest BCUT2D eigenvalue weighted by Gasteiger charge is 2.09. The van der Waals surface area contributed by atoms with Gasteiger partial charge in [-0.25, -0.2) is 0 Å². The molecule has 0 amide bonds.